The summed E-state index contributed by atoms with van der Waals surface area (Å²) in [5.41, 5.74) is 1.11. The van der Waals surface area contributed by atoms with Crippen LogP contribution in [0.3, 0.4) is 0 Å². The average molecular weight is 168 g/mol. The highest BCUT2D eigenvalue weighted by Gasteiger charge is 2.36. The summed E-state index contributed by atoms with van der Waals surface area (Å²) in [6.45, 7) is 5.88. The lowest BCUT2D eigenvalue weighted by molar-refractivity contribution is 0.319. The molecule has 0 aromatic heterocycles. The fourth-order valence-corrected chi connectivity index (χ4v) is 1.31. The lowest BCUT2D eigenvalue weighted by Crippen LogP contribution is -2.03. The van der Waals surface area contributed by atoms with Gasteiger partial charge in [0.05, 0.1) is 5.71 Å². The molecule has 1 aliphatic rings. The molecule has 0 radical (unpaired) electrons. The van der Waals surface area contributed by atoms with Crippen molar-refractivity contribution in [3.8, 4) is 0 Å². The normalized spacial score (nSPS) is 28.4. The van der Waals surface area contributed by atoms with Crippen molar-refractivity contribution >= 4 is 11.6 Å². The highest BCUT2D eigenvalue weighted by atomic mass is 16.6. The second-order valence-electron chi connectivity index (χ2n) is 3.40. The SMILES string of the molecule is CC/C(=N\OC(C)=N)C1CC1C. The fraction of sp³-hybridized carbons (Fsp3) is 0.778. The van der Waals surface area contributed by atoms with Gasteiger partial charge < -0.3 is 4.84 Å². The molecule has 3 nitrogen and oxygen atoms in total. The third-order valence-electron chi connectivity index (χ3n) is 2.20. The van der Waals surface area contributed by atoms with Crippen molar-refractivity contribution in [3.63, 3.8) is 0 Å². The molecule has 0 bridgehead atoms. The van der Waals surface area contributed by atoms with E-state index in [9.17, 15) is 0 Å². The molecular formula is C9H16N2O. The van der Waals surface area contributed by atoms with E-state index in [1.807, 2.05) is 0 Å². The molecule has 68 valence electrons. The Bertz CT molecular complexity index is 211. The lowest BCUT2D eigenvalue weighted by Gasteiger charge is -2.00. The lowest BCUT2D eigenvalue weighted by atomic mass is 10.2. The van der Waals surface area contributed by atoms with Crippen LogP contribution in [-0.2, 0) is 4.84 Å². The van der Waals surface area contributed by atoms with Crippen LogP contribution in [0.4, 0.5) is 0 Å². The molecule has 2 atom stereocenters. The highest BCUT2D eigenvalue weighted by Crippen LogP contribution is 2.39. The summed E-state index contributed by atoms with van der Waals surface area (Å²) >= 11 is 0. The molecule has 1 aliphatic carbocycles. The van der Waals surface area contributed by atoms with Crippen molar-refractivity contribution in [3.05, 3.63) is 0 Å². The summed E-state index contributed by atoms with van der Waals surface area (Å²) < 4.78 is 0. The van der Waals surface area contributed by atoms with E-state index in [4.69, 9.17) is 10.2 Å². The number of nitrogens with zero attached hydrogens (tertiary/aromatic N) is 1. The van der Waals surface area contributed by atoms with E-state index < -0.39 is 0 Å². The smallest absolute Gasteiger partial charge is 0.214 e. The number of hydrogen-bond donors (Lipinski definition) is 1. The maximum atomic E-state index is 7.05. The molecule has 0 saturated heterocycles. The van der Waals surface area contributed by atoms with Gasteiger partial charge in [-0.2, -0.15) is 0 Å². The first-order valence-electron chi connectivity index (χ1n) is 4.44. The second-order valence-corrected chi connectivity index (χ2v) is 3.40. The van der Waals surface area contributed by atoms with E-state index in [-0.39, 0.29) is 5.90 Å². The predicted octanol–water partition coefficient (Wildman–Crippen LogP) is 2.42. The van der Waals surface area contributed by atoms with Gasteiger partial charge in [0.15, 0.2) is 0 Å². The zero-order valence-corrected chi connectivity index (χ0v) is 7.92. The van der Waals surface area contributed by atoms with Crippen LogP contribution in [0.1, 0.15) is 33.6 Å². The summed E-state index contributed by atoms with van der Waals surface area (Å²) in [5, 5.41) is 11.0. The van der Waals surface area contributed by atoms with E-state index in [2.05, 4.69) is 19.0 Å². The Morgan fingerprint density at radius 3 is 2.58 bits per heavy atom. The van der Waals surface area contributed by atoms with Gasteiger partial charge in [-0.25, -0.2) is 0 Å². The van der Waals surface area contributed by atoms with Gasteiger partial charge in [0.2, 0.25) is 5.90 Å². The monoisotopic (exact) mass is 168 g/mol. The van der Waals surface area contributed by atoms with Gasteiger partial charge >= 0.3 is 0 Å². The Labute approximate surface area is 73.3 Å². The Kier molecular flexibility index (Phi) is 2.84. The van der Waals surface area contributed by atoms with Gasteiger partial charge in [-0.3, -0.25) is 5.41 Å². The Hall–Kier alpha value is -0.860. The third kappa shape index (κ3) is 2.32. The van der Waals surface area contributed by atoms with Crippen LogP contribution >= 0.6 is 0 Å². The van der Waals surface area contributed by atoms with Crippen LogP contribution in [0, 0.1) is 17.2 Å². The fourth-order valence-electron chi connectivity index (χ4n) is 1.31. The number of oxime groups is 1. The van der Waals surface area contributed by atoms with Crippen molar-refractivity contribution < 1.29 is 4.84 Å². The van der Waals surface area contributed by atoms with Crippen molar-refractivity contribution in [1.29, 1.82) is 5.41 Å². The number of hydrogen-bond acceptors (Lipinski definition) is 3. The molecule has 1 rings (SSSR count). The van der Waals surface area contributed by atoms with Crippen LogP contribution in [0.25, 0.3) is 0 Å². The summed E-state index contributed by atoms with van der Waals surface area (Å²) in [7, 11) is 0. The average Bonchev–Trinajstić information content (AvgIpc) is 2.68. The highest BCUT2D eigenvalue weighted by molar-refractivity contribution is 5.89. The first-order valence-corrected chi connectivity index (χ1v) is 4.44. The molecule has 2 unspecified atom stereocenters. The van der Waals surface area contributed by atoms with Gasteiger partial charge in [0.1, 0.15) is 0 Å². The summed E-state index contributed by atoms with van der Waals surface area (Å²) in [5.74, 6) is 1.54. The third-order valence-corrected chi connectivity index (χ3v) is 2.20. The van der Waals surface area contributed by atoms with Crippen LogP contribution in [-0.4, -0.2) is 11.6 Å². The molecule has 12 heavy (non-hydrogen) atoms. The van der Waals surface area contributed by atoms with Crippen molar-refractivity contribution in [2.24, 2.45) is 17.0 Å². The first kappa shape index (κ1) is 9.23. The molecule has 0 aromatic rings. The van der Waals surface area contributed by atoms with E-state index in [0.29, 0.717) is 5.92 Å². The summed E-state index contributed by atoms with van der Waals surface area (Å²) in [6.07, 6.45) is 2.16. The van der Waals surface area contributed by atoms with Gasteiger partial charge in [-0.15, -0.1) is 0 Å². The minimum Gasteiger partial charge on any atom is -0.342 e. The molecule has 0 aliphatic heterocycles. The first-order chi connectivity index (χ1) is 5.65. The van der Waals surface area contributed by atoms with Gasteiger partial charge in [-0.1, -0.05) is 19.0 Å². The van der Waals surface area contributed by atoms with Gasteiger partial charge in [0.25, 0.3) is 0 Å². The number of nitrogens with one attached hydrogen (secondary N) is 1. The molecule has 3 heteroatoms. The zero-order valence-electron chi connectivity index (χ0n) is 7.92. The van der Waals surface area contributed by atoms with Crippen LogP contribution in [0.2, 0.25) is 0 Å². The Morgan fingerprint density at radius 1 is 1.67 bits per heavy atom. The van der Waals surface area contributed by atoms with Crippen LogP contribution in [0.5, 0.6) is 0 Å². The minimum atomic E-state index is 0.161. The quantitative estimate of drug-likeness (QED) is 0.392. The van der Waals surface area contributed by atoms with Crippen molar-refractivity contribution in [1.82, 2.24) is 0 Å². The maximum Gasteiger partial charge on any atom is 0.214 e. The van der Waals surface area contributed by atoms with Crippen molar-refractivity contribution in [2.75, 3.05) is 0 Å². The zero-order chi connectivity index (χ0) is 9.14. The minimum absolute atomic E-state index is 0.161. The summed E-state index contributed by atoms with van der Waals surface area (Å²) in [6, 6.07) is 0. The molecule has 1 N–H and O–H groups in total. The van der Waals surface area contributed by atoms with Crippen LogP contribution in [0.15, 0.2) is 5.16 Å². The molecule has 0 amide bonds. The largest absolute Gasteiger partial charge is 0.342 e. The van der Waals surface area contributed by atoms with E-state index >= 15 is 0 Å². The van der Waals surface area contributed by atoms with E-state index in [1.54, 1.807) is 6.92 Å². The molecule has 0 heterocycles. The molecule has 1 fully saturated rings. The van der Waals surface area contributed by atoms with Gasteiger partial charge in [0, 0.05) is 12.8 Å². The second kappa shape index (κ2) is 3.70. The van der Waals surface area contributed by atoms with Crippen LogP contribution < -0.4 is 0 Å². The van der Waals surface area contributed by atoms with E-state index in [1.165, 1.54) is 6.42 Å². The molecule has 0 aromatic carbocycles. The molecular weight excluding hydrogens is 152 g/mol. The Morgan fingerprint density at radius 2 is 2.25 bits per heavy atom. The predicted molar refractivity (Wildman–Crippen MR) is 49.5 cm³/mol. The number of rotatable bonds is 3. The Balaban J connectivity index is 2.44. The molecule has 1 saturated carbocycles. The maximum absolute atomic E-state index is 7.05. The standard InChI is InChI=1S/C9H16N2O/c1-4-9(8-5-6(8)2)11-12-7(3)10/h6,8,10H,4-5H2,1-3H3/b10-7?,11-9+. The van der Waals surface area contributed by atoms with E-state index in [0.717, 1.165) is 18.1 Å². The van der Waals surface area contributed by atoms with Crippen molar-refractivity contribution in [2.45, 2.75) is 33.6 Å². The van der Waals surface area contributed by atoms with Gasteiger partial charge in [-0.05, 0) is 18.8 Å². The molecule has 0 spiro atoms. The summed E-state index contributed by atoms with van der Waals surface area (Å²) in [4.78, 5) is 4.82. The topological polar surface area (TPSA) is 45.4 Å².